The minimum atomic E-state index is -0.141. The van der Waals surface area contributed by atoms with Crippen LogP contribution in [0.5, 0.6) is 0 Å². The SMILES string of the molecule is c1cc2c3c(c1)-n1c4ccc5c6ccccc6c6ccccc6c5c4c4cc5c6ccccc6c6ccccc6c5c(c41)B3c1cc(-c3cc4ccccc4c4ccccc34)cc3c4cc(-c5cc6ccccc6c6ccccc56)ccc4n-2c13. The number of fused-ring (bicyclic) bond motifs is 30. The van der Waals surface area contributed by atoms with Crippen LogP contribution >= 0.6 is 0 Å². The zero-order valence-electron chi connectivity index (χ0n) is 46.0. The van der Waals surface area contributed by atoms with Crippen LogP contribution in [0.25, 0.3) is 185 Å². The average Bonchev–Trinajstić information content (AvgIpc) is 1.64. The van der Waals surface area contributed by atoms with E-state index in [9.17, 15) is 0 Å². The standard InChI is InChI=1S/C82H45BN2/c1-3-20-50-46(18-1)40-65(59-29-10-5-22-52(50)59)48-36-38-72-67(42-48)69-43-49(66-41-47-19-2-4-21-51(47)53-23-6-11-30-60(53)66)44-71-81(69)84(72)74-34-17-35-75-79(74)83(71)80-77-63-33-16-14-27-57(63)55-25-8-12-31-61(55)68(77)45-70-78-73(85(75)82(70)80)39-37-64-58-28-9-7-24-54(58)56-26-13-15-32-62(56)76(64)78/h1-45H. The van der Waals surface area contributed by atoms with Crippen LogP contribution in [-0.4, -0.2) is 15.8 Å². The van der Waals surface area contributed by atoms with Crippen LogP contribution < -0.4 is 16.4 Å². The summed E-state index contributed by atoms with van der Waals surface area (Å²) in [6.45, 7) is -0.141. The van der Waals surface area contributed by atoms with Gasteiger partial charge in [0.05, 0.1) is 16.6 Å². The van der Waals surface area contributed by atoms with Crippen LogP contribution in [-0.2, 0) is 0 Å². The Morgan fingerprint density at radius 2 is 0.659 bits per heavy atom. The minimum Gasteiger partial charge on any atom is -0.310 e. The Morgan fingerprint density at radius 1 is 0.224 bits per heavy atom. The summed E-state index contributed by atoms with van der Waals surface area (Å²) in [5.74, 6) is 0. The zero-order valence-corrected chi connectivity index (χ0v) is 46.0. The summed E-state index contributed by atoms with van der Waals surface area (Å²) in [5, 5.41) is 30.8. The molecule has 17 aromatic carbocycles. The lowest BCUT2D eigenvalue weighted by molar-refractivity contribution is 1.14. The van der Waals surface area contributed by atoms with Crippen LogP contribution in [0, 0.1) is 0 Å². The molecule has 21 rings (SSSR count). The average molecular weight is 1070 g/mol. The highest BCUT2D eigenvalue weighted by Gasteiger charge is 2.43. The van der Waals surface area contributed by atoms with Crippen LogP contribution in [0.3, 0.4) is 0 Å². The van der Waals surface area contributed by atoms with Gasteiger partial charge in [-0.25, -0.2) is 0 Å². The van der Waals surface area contributed by atoms with E-state index in [2.05, 4.69) is 282 Å². The van der Waals surface area contributed by atoms with E-state index in [1.54, 1.807) is 0 Å². The Bertz CT molecular complexity index is 6320. The van der Waals surface area contributed by atoms with Gasteiger partial charge in [-0.15, -0.1) is 0 Å². The third-order valence-electron chi connectivity index (χ3n) is 20.1. The van der Waals surface area contributed by atoms with E-state index < -0.39 is 0 Å². The molecule has 0 spiro atoms. The maximum Gasteiger partial charge on any atom is 0.253 e. The van der Waals surface area contributed by atoms with Crippen molar-refractivity contribution in [3.05, 3.63) is 273 Å². The van der Waals surface area contributed by atoms with Crippen molar-refractivity contribution < 1.29 is 0 Å². The fraction of sp³-hybridized carbons (Fsp3) is 0. The van der Waals surface area contributed by atoms with Crippen molar-refractivity contribution in [2.45, 2.75) is 0 Å². The summed E-state index contributed by atoms with van der Waals surface area (Å²) in [6, 6.07) is 105. The molecule has 0 fully saturated rings. The van der Waals surface area contributed by atoms with Gasteiger partial charge < -0.3 is 9.13 Å². The molecular weight excluding hydrogens is 1020 g/mol. The third-order valence-corrected chi connectivity index (χ3v) is 20.1. The van der Waals surface area contributed by atoms with Gasteiger partial charge in [0.1, 0.15) is 0 Å². The third kappa shape index (κ3) is 5.57. The number of nitrogens with zero attached hydrogens (tertiary/aromatic N) is 2. The predicted octanol–water partition coefficient (Wildman–Crippen LogP) is 19.9. The Hall–Kier alpha value is -11.0. The summed E-state index contributed by atoms with van der Waals surface area (Å²) in [6.07, 6.45) is 0. The Morgan fingerprint density at radius 3 is 1.25 bits per heavy atom. The van der Waals surface area contributed by atoms with Gasteiger partial charge in [0.15, 0.2) is 0 Å². The van der Waals surface area contributed by atoms with Crippen LogP contribution in [0.4, 0.5) is 0 Å². The van der Waals surface area contributed by atoms with Crippen molar-refractivity contribution in [3.63, 3.8) is 0 Å². The van der Waals surface area contributed by atoms with Gasteiger partial charge in [0, 0.05) is 43.8 Å². The molecule has 0 aliphatic carbocycles. The first-order valence-corrected chi connectivity index (χ1v) is 29.9. The molecule has 0 radical (unpaired) electrons. The maximum atomic E-state index is 2.69. The Kier molecular flexibility index (Phi) is 8.38. The number of benzene rings is 17. The quantitative estimate of drug-likeness (QED) is 0.121. The Balaban J connectivity index is 0.980. The van der Waals surface area contributed by atoms with Crippen molar-refractivity contribution in [1.82, 2.24) is 9.13 Å². The molecule has 19 aromatic rings. The van der Waals surface area contributed by atoms with Crippen LogP contribution in [0.1, 0.15) is 0 Å². The van der Waals surface area contributed by atoms with E-state index in [1.165, 1.54) is 201 Å². The first-order valence-electron chi connectivity index (χ1n) is 29.9. The van der Waals surface area contributed by atoms with Gasteiger partial charge in [0.25, 0.3) is 6.71 Å². The summed E-state index contributed by atoms with van der Waals surface area (Å²) >= 11 is 0. The van der Waals surface area contributed by atoms with E-state index in [-0.39, 0.29) is 6.71 Å². The highest BCUT2D eigenvalue weighted by Crippen LogP contribution is 2.49. The first kappa shape index (κ1) is 44.6. The van der Waals surface area contributed by atoms with Crippen molar-refractivity contribution in [2.24, 2.45) is 0 Å². The van der Waals surface area contributed by atoms with E-state index in [0.717, 1.165) is 0 Å². The fourth-order valence-corrected chi connectivity index (χ4v) is 16.9. The van der Waals surface area contributed by atoms with E-state index >= 15 is 0 Å². The first-order chi connectivity index (χ1) is 42.2. The van der Waals surface area contributed by atoms with Crippen molar-refractivity contribution in [2.75, 3.05) is 0 Å². The number of hydrogen-bond donors (Lipinski definition) is 0. The molecule has 2 aliphatic heterocycles. The molecule has 2 nitrogen and oxygen atoms in total. The van der Waals surface area contributed by atoms with Crippen LogP contribution in [0.15, 0.2) is 273 Å². The highest BCUT2D eigenvalue weighted by atomic mass is 15.0. The largest absolute Gasteiger partial charge is 0.310 e. The van der Waals surface area contributed by atoms with Crippen molar-refractivity contribution in [1.29, 1.82) is 0 Å². The zero-order chi connectivity index (χ0) is 54.9. The monoisotopic (exact) mass is 1070 g/mol. The minimum absolute atomic E-state index is 0.141. The van der Waals surface area contributed by atoms with Crippen LogP contribution in [0.2, 0.25) is 0 Å². The lowest BCUT2D eigenvalue weighted by Crippen LogP contribution is -2.59. The van der Waals surface area contributed by atoms with Gasteiger partial charge in [0.2, 0.25) is 0 Å². The van der Waals surface area contributed by atoms with Crippen molar-refractivity contribution in [3.8, 4) is 33.6 Å². The molecule has 0 bridgehead atoms. The molecule has 386 valence electrons. The molecule has 0 amide bonds. The molecular formula is C82H45BN2. The molecule has 2 aliphatic rings. The second kappa shape index (κ2) is 16.0. The molecule has 0 unspecified atom stereocenters. The highest BCUT2D eigenvalue weighted by molar-refractivity contribution is 7.02. The van der Waals surface area contributed by atoms with Gasteiger partial charge in [-0.3, -0.25) is 0 Å². The number of aromatic nitrogens is 2. The molecule has 0 atom stereocenters. The number of hydrogen-bond acceptors (Lipinski definition) is 0. The summed E-state index contributed by atoms with van der Waals surface area (Å²) < 4.78 is 5.35. The molecule has 85 heavy (non-hydrogen) atoms. The smallest absolute Gasteiger partial charge is 0.253 e. The molecule has 4 heterocycles. The summed E-state index contributed by atoms with van der Waals surface area (Å²) in [5.41, 5.74) is 16.5. The normalized spacial score (nSPS) is 12.9. The lowest BCUT2D eigenvalue weighted by atomic mass is 9.33. The second-order valence-electron chi connectivity index (χ2n) is 24.1. The van der Waals surface area contributed by atoms with Crippen molar-refractivity contribution >= 4 is 174 Å². The molecule has 2 aromatic heterocycles. The fourth-order valence-electron chi connectivity index (χ4n) is 16.9. The van der Waals surface area contributed by atoms with Gasteiger partial charge in [-0.1, -0.05) is 218 Å². The Labute approximate surface area is 487 Å². The summed E-state index contributed by atoms with van der Waals surface area (Å²) in [4.78, 5) is 0. The van der Waals surface area contributed by atoms with Gasteiger partial charge in [-0.2, -0.15) is 0 Å². The summed E-state index contributed by atoms with van der Waals surface area (Å²) in [7, 11) is 0. The molecule has 0 N–H and O–H groups in total. The number of rotatable bonds is 2. The van der Waals surface area contributed by atoms with E-state index in [1.807, 2.05) is 0 Å². The van der Waals surface area contributed by atoms with E-state index in [4.69, 9.17) is 0 Å². The predicted molar refractivity (Wildman–Crippen MR) is 366 cm³/mol. The van der Waals surface area contributed by atoms with Gasteiger partial charge in [-0.05, 0) is 196 Å². The second-order valence-corrected chi connectivity index (χ2v) is 24.1. The molecule has 0 saturated carbocycles. The topological polar surface area (TPSA) is 9.86 Å². The van der Waals surface area contributed by atoms with E-state index in [0.29, 0.717) is 0 Å². The molecule has 0 saturated heterocycles. The lowest BCUT2D eigenvalue weighted by Gasteiger charge is -2.35. The maximum absolute atomic E-state index is 2.69. The molecule has 3 heteroatoms. The van der Waals surface area contributed by atoms with Gasteiger partial charge >= 0.3 is 0 Å².